The molecule has 10 heteroatoms. The quantitative estimate of drug-likeness (QED) is 0.402. The van der Waals surface area contributed by atoms with Gasteiger partial charge in [-0.15, -0.1) is 0 Å². The second kappa shape index (κ2) is 588. The van der Waals surface area contributed by atoms with Gasteiger partial charge < -0.3 is 70.1 Å². The third-order valence-corrected chi connectivity index (χ3v) is 0. The largest absolute Gasteiger partial charge is 3.00 e. The van der Waals surface area contributed by atoms with Crippen LogP contribution in [0.3, 0.4) is 0 Å². The molecule has 0 heterocycles. The fraction of sp³-hybridized carbons (Fsp3) is 0. The molecule has 0 aromatic heterocycles. The van der Waals surface area contributed by atoms with Gasteiger partial charge in [0.15, 0.2) is 0 Å². The van der Waals surface area contributed by atoms with E-state index >= 15 is 0 Å². The van der Waals surface area contributed by atoms with Crippen LogP contribution in [0, 0.1) is 0 Å². The minimum Gasteiger partial charge on any atom is -1.00 e. The molecule has 0 amide bonds. The van der Waals surface area contributed by atoms with E-state index in [9.17, 15) is 0 Å². The van der Waals surface area contributed by atoms with Crippen molar-refractivity contribution in [2.24, 2.45) is 0 Å². The molecule has 0 atom stereocenters. The number of hydrogen-bond donors (Lipinski definition) is 0. The monoisotopic (exact) mass is 264 g/mol. The minimum absolute atomic E-state index is 0. The summed E-state index contributed by atoms with van der Waals surface area (Å²) in [6.45, 7) is 0. The maximum atomic E-state index is 0. The Morgan fingerprint density at radius 1 is 0.300 bits per heavy atom. The second-order valence-electron chi connectivity index (χ2n) is 0. The topological polar surface area (TPSA) is 189 Å². The Labute approximate surface area is 88.7 Å². The van der Waals surface area contributed by atoms with Crippen LogP contribution in [-0.4, -0.2) is 32.9 Å². The van der Waals surface area contributed by atoms with Crippen LogP contribution in [0.15, 0.2) is 0 Å². The zero-order valence-electron chi connectivity index (χ0n) is 4.58. The Morgan fingerprint density at radius 3 is 0.300 bits per heavy atom. The summed E-state index contributed by atoms with van der Waals surface area (Å²) in [6, 6.07) is 0. The predicted molar refractivity (Wildman–Crippen MR) is 21.7 cm³/mol. The molecule has 0 aliphatic rings. The van der Waals surface area contributed by atoms with E-state index < -0.39 is 0 Å². The van der Waals surface area contributed by atoms with Crippen LogP contribution in [-0.2, 0) is 18.6 Å². The van der Waals surface area contributed by atoms with E-state index in [1.54, 1.807) is 0 Å². The number of rotatable bonds is 0. The molecule has 0 unspecified atom stereocenters. The average molecular weight is 265 g/mol. The van der Waals surface area contributed by atoms with E-state index in [2.05, 4.69) is 0 Å². The average Bonchev–Trinajstić information content (AvgIpc) is 0. The van der Waals surface area contributed by atoms with Crippen molar-refractivity contribution in [3.63, 3.8) is 0 Å². The van der Waals surface area contributed by atoms with Gasteiger partial charge in [-0.25, -0.2) is 0 Å². The van der Waals surface area contributed by atoms with E-state index in [1.165, 1.54) is 0 Å². The first-order chi connectivity index (χ1) is 0. The molecule has 0 fully saturated rings. The maximum Gasteiger partial charge on any atom is 3.00 e. The fourth-order valence-electron chi connectivity index (χ4n) is 0. The fourth-order valence-corrected chi connectivity index (χ4v) is 0. The SMILES string of the molecule is O.O.O.O.O.O.[Cl-].[Cl-].[Cl-].[V+3]. The zero-order chi connectivity index (χ0) is 0. The first-order valence-corrected chi connectivity index (χ1v) is 0. The zero-order valence-corrected chi connectivity index (χ0v) is 8.25. The standard InChI is InChI=1S/3ClH.6H2O.V/h3*1H;6*1H2;/q;;;;;;;;;+3/p-3. The van der Waals surface area contributed by atoms with Crippen molar-refractivity contribution in [2.45, 2.75) is 0 Å². The van der Waals surface area contributed by atoms with E-state index in [4.69, 9.17) is 0 Å². The Hall–Kier alpha value is 1.21. The first-order valence-electron chi connectivity index (χ1n) is 0. The summed E-state index contributed by atoms with van der Waals surface area (Å²) in [6.07, 6.45) is 0. The van der Waals surface area contributed by atoms with Crippen molar-refractivity contribution in [1.29, 1.82) is 0 Å². The Balaban J connectivity index is 0. The molecule has 0 bridgehead atoms. The molecule has 0 aliphatic carbocycles. The van der Waals surface area contributed by atoms with Gasteiger partial charge in [-0.05, 0) is 0 Å². The van der Waals surface area contributed by atoms with Gasteiger partial charge >= 0.3 is 18.6 Å². The second-order valence-corrected chi connectivity index (χ2v) is 0. The van der Waals surface area contributed by atoms with Gasteiger partial charge in [-0.3, -0.25) is 0 Å². The smallest absolute Gasteiger partial charge is 1.00 e. The maximum absolute atomic E-state index is 0. The van der Waals surface area contributed by atoms with Crippen molar-refractivity contribution in [1.82, 2.24) is 0 Å². The van der Waals surface area contributed by atoms with Gasteiger partial charge in [0.1, 0.15) is 0 Å². The molecule has 6 nitrogen and oxygen atoms in total. The third-order valence-electron chi connectivity index (χ3n) is 0. The Morgan fingerprint density at radius 2 is 0.300 bits per heavy atom. The van der Waals surface area contributed by atoms with Gasteiger partial charge in [0, 0.05) is 0 Å². The summed E-state index contributed by atoms with van der Waals surface area (Å²) in [5.74, 6) is 0. The molecular formula is H12Cl3O6V. The Bertz CT molecular complexity index is 13.0. The summed E-state index contributed by atoms with van der Waals surface area (Å²) < 4.78 is 0. The molecule has 0 radical (unpaired) electrons. The number of hydrogen-bond acceptors (Lipinski definition) is 0. The molecule has 74 valence electrons. The molecule has 0 aliphatic heterocycles. The summed E-state index contributed by atoms with van der Waals surface area (Å²) in [4.78, 5) is 0. The molecule has 0 rings (SSSR count). The van der Waals surface area contributed by atoms with Crippen molar-refractivity contribution in [2.75, 3.05) is 0 Å². The molecule has 0 aromatic rings. The van der Waals surface area contributed by atoms with E-state index in [0.29, 0.717) is 0 Å². The van der Waals surface area contributed by atoms with Crippen molar-refractivity contribution >= 4 is 0 Å². The van der Waals surface area contributed by atoms with Gasteiger partial charge in [0.2, 0.25) is 0 Å². The van der Waals surface area contributed by atoms with Crippen molar-refractivity contribution in [3.05, 3.63) is 0 Å². The van der Waals surface area contributed by atoms with E-state index in [1.807, 2.05) is 0 Å². The third kappa shape index (κ3) is 422. The summed E-state index contributed by atoms with van der Waals surface area (Å²) in [5, 5.41) is 0. The van der Waals surface area contributed by atoms with Gasteiger partial charge in [0.25, 0.3) is 0 Å². The van der Waals surface area contributed by atoms with Crippen LogP contribution >= 0.6 is 0 Å². The molecule has 0 saturated carbocycles. The van der Waals surface area contributed by atoms with Gasteiger partial charge in [-0.2, -0.15) is 0 Å². The van der Waals surface area contributed by atoms with Crippen molar-refractivity contribution in [3.8, 4) is 0 Å². The summed E-state index contributed by atoms with van der Waals surface area (Å²) >= 11 is 0. The van der Waals surface area contributed by atoms with E-state index in [0.717, 1.165) is 0 Å². The molecule has 10 heavy (non-hydrogen) atoms. The summed E-state index contributed by atoms with van der Waals surface area (Å²) in [7, 11) is 0. The Kier molecular flexibility index (Phi) is 46700. The molecule has 0 aromatic carbocycles. The molecule has 0 saturated heterocycles. The number of halogens is 3. The van der Waals surface area contributed by atoms with Crippen LogP contribution < -0.4 is 37.2 Å². The molecule has 12 N–H and O–H groups in total. The van der Waals surface area contributed by atoms with Gasteiger partial charge in [0.05, 0.1) is 0 Å². The van der Waals surface area contributed by atoms with Crippen molar-refractivity contribution < 1.29 is 88.6 Å². The minimum atomic E-state index is 0. The first kappa shape index (κ1) is 793. The van der Waals surface area contributed by atoms with E-state index in [-0.39, 0.29) is 88.6 Å². The molecule has 0 spiro atoms. The molecular weight excluding hydrogens is 253 g/mol. The van der Waals surface area contributed by atoms with Crippen LogP contribution in [0.25, 0.3) is 0 Å². The van der Waals surface area contributed by atoms with Crippen LogP contribution in [0.4, 0.5) is 0 Å². The van der Waals surface area contributed by atoms with Crippen LogP contribution in [0.1, 0.15) is 0 Å². The van der Waals surface area contributed by atoms with Crippen LogP contribution in [0.2, 0.25) is 0 Å². The predicted octanol–water partition coefficient (Wildman–Crippen LogP) is -13.9. The summed E-state index contributed by atoms with van der Waals surface area (Å²) in [5.41, 5.74) is 0. The van der Waals surface area contributed by atoms with Gasteiger partial charge in [-0.1, -0.05) is 0 Å². The van der Waals surface area contributed by atoms with Crippen LogP contribution in [0.5, 0.6) is 0 Å². The normalized spacial score (nSPS) is 0.